The first-order valence-corrected chi connectivity index (χ1v) is 9.21. The summed E-state index contributed by atoms with van der Waals surface area (Å²) in [7, 11) is 1.58. The third-order valence-electron chi connectivity index (χ3n) is 4.19. The molecule has 1 aromatic heterocycles. The van der Waals surface area contributed by atoms with E-state index in [1.807, 2.05) is 25.1 Å². The van der Waals surface area contributed by atoms with Gasteiger partial charge in [0.25, 0.3) is 5.91 Å². The van der Waals surface area contributed by atoms with Gasteiger partial charge in [0.1, 0.15) is 17.0 Å². The van der Waals surface area contributed by atoms with Gasteiger partial charge in [-0.15, -0.1) is 0 Å². The molecule has 0 atom stereocenters. The zero-order valence-corrected chi connectivity index (χ0v) is 16.7. The summed E-state index contributed by atoms with van der Waals surface area (Å²) in [6.07, 6.45) is 0. The Balaban J connectivity index is 1.77. The van der Waals surface area contributed by atoms with Crippen LogP contribution in [0.25, 0.3) is 11.3 Å². The summed E-state index contributed by atoms with van der Waals surface area (Å²) in [4.78, 5) is 12.8. The maximum absolute atomic E-state index is 12.8. The molecule has 0 aliphatic rings. The summed E-state index contributed by atoms with van der Waals surface area (Å²) < 4.78 is 16.1. The average molecular weight is 401 g/mol. The van der Waals surface area contributed by atoms with E-state index in [1.54, 1.807) is 38.3 Å². The summed E-state index contributed by atoms with van der Waals surface area (Å²) >= 11 is 5.94. The number of rotatable bonds is 7. The van der Waals surface area contributed by atoms with E-state index in [0.29, 0.717) is 46.7 Å². The molecule has 0 fully saturated rings. The van der Waals surface area contributed by atoms with E-state index in [-0.39, 0.29) is 5.91 Å². The third kappa shape index (κ3) is 4.28. The Morgan fingerprint density at radius 3 is 2.61 bits per heavy atom. The Kier molecular flexibility index (Phi) is 6.21. The number of carbonyl (C=O) groups is 1. The molecule has 2 aromatic carbocycles. The summed E-state index contributed by atoms with van der Waals surface area (Å²) in [5, 5.41) is 7.55. The Morgan fingerprint density at radius 2 is 1.93 bits per heavy atom. The largest absolute Gasteiger partial charge is 0.493 e. The molecule has 0 bridgehead atoms. The molecule has 0 radical (unpaired) electrons. The van der Waals surface area contributed by atoms with Gasteiger partial charge < -0.3 is 19.3 Å². The van der Waals surface area contributed by atoms with Gasteiger partial charge in [0.2, 0.25) is 0 Å². The number of benzene rings is 2. The lowest BCUT2D eigenvalue weighted by Gasteiger charge is -2.11. The number of aromatic nitrogens is 1. The van der Waals surface area contributed by atoms with Crippen molar-refractivity contribution in [1.29, 1.82) is 0 Å². The van der Waals surface area contributed by atoms with Crippen molar-refractivity contribution in [3.05, 3.63) is 64.4 Å². The minimum absolute atomic E-state index is 0.267. The number of carbonyl (C=O) groups excluding carboxylic acids is 1. The second kappa shape index (κ2) is 8.80. The normalized spacial score (nSPS) is 10.6. The van der Waals surface area contributed by atoms with Crippen LogP contribution in [0.4, 0.5) is 0 Å². The Bertz CT molecular complexity index is 967. The van der Waals surface area contributed by atoms with Gasteiger partial charge in [0.05, 0.1) is 13.7 Å². The van der Waals surface area contributed by atoms with Crippen molar-refractivity contribution >= 4 is 17.5 Å². The van der Waals surface area contributed by atoms with Gasteiger partial charge in [-0.05, 0) is 43.7 Å². The highest BCUT2D eigenvalue weighted by molar-refractivity contribution is 6.30. The molecule has 0 saturated carbocycles. The van der Waals surface area contributed by atoms with Gasteiger partial charge in [-0.25, -0.2) is 0 Å². The van der Waals surface area contributed by atoms with E-state index in [0.717, 1.165) is 11.1 Å². The van der Waals surface area contributed by atoms with Crippen LogP contribution in [0.15, 0.2) is 47.0 Å². The number of hydrogen-bond acceptors (Lipinski definition) is 5. The number of methoxy groups -OCH3 is 1. The molecule has 7 heteroatoms. The van der Waals surface area contributed by atoms with Gasteiger partial charge in [-0.2, -0.15) is 0 Å². The van der Waals surface area contributed by atoms with Crippen molar-refractivity contribution in [1.82, 2.24) is 10.5 Å². The summed E-state index contributed by atoms with van der Waals surface area (Å²) in [6, 6.07) is 12.6. The molecule has 6 nitrogen and oxygen atoms in total. The number of nitrogens with one attached hydrogen (secondary N) is 1. The lowest BCUT2D eigenvalue weighted by molar-refractivity contribution is 0.0950. The van der Waals surface area contributed by atoms with Crippen LogP contribution in [0, 0.1) is 6.92 Å². The Morgan fingerprint density at radius 1 is 1.18 bits per heavy atom. The SMILES string of the molecule is CCOc1ccc(CNC(=O)c2c(-c3ccc(Cl)cc3)noc2C)cc1OC. The molecule has 1 amide bonds. The molecule has 146 valence electrons. The van der Waals surface area contributed by atoms with Crippen molar-refractivity contribution in [2.45, 2.75) is 20.4 Å². The van der Waals surface area contributed by atoms with Gasteiger partial charge in [0.15, 0.2) is 11.5 Å². The molecule has 28 heavy (non-hydrogen) atoms. The fourth-order valence-electron chi connectivity index (χ4n) is 2.81. The van der Waals surface area contributed by atoms with Gasteiger partial charge in [0, 0.05) is 17.1 Å². The molecular weight excluding hydrogens is 380 g/mol. The maximum Gasteiger partial charge on any atom is 0.257 e. The molecule has 1 heterocycles. The fraction of sp³-hybridized carbons (Fsp3) is 0.238. The highest BCUT2D eigenvalue weighted by atomic mass is 35.5. The number of amides is 1. The zero-order valence-electron chi connectivity index (χ0n) is 15.9. The summed E-state index contributed by atoms with van der Waals surface area (Å²) in [5.74, 6) is 1.47. The molecule has 1 N–H and O–H groups in total. The number of ether oxygens (including phenoxy) is 2. The minimum Gasteiger partial charge on any atom is -0.493 e. The first-order valence-electron chi connectivity index (χ1n) is 8.83. The highest BCUT2D eigenvalue weighted by Crippen LogP contribution is 2.29. The minimum atomic E-state index is -0.267. The fourth-order valence-corrected chi connectivity index (χ4v) is 2.94. The van der Waals surface area contributed by atoms with Gasteiger partial charge in [-0.1, -0.05) is 35.0 Å². The smallest absolute Gasteiger partial charge is 0.257 e. The quantitative estimate of drug-likeness (QED) is 0.625. The van der Waals surface area contributed by atoms with E-state index >= 15 is 0 Å². The van der Waals surface area contributed by atoms with Crippen LogP contribution in [0.5, 0.6) is 11.5 Å². The maximum atomic E-state index is 12.8. The van der Waals surface area contributed by atoms with Gasteiger partial charge in [-0.3, -0.25) is 4.79 Å². The first kappa shape index (κ1) is 19.8. The molecular formula is C21H21ClN2O4. The molecule has 3 rings (SSSR count). The topological polar surface area (TPSA) is 73.6 Å². The van der Waals surface area contributed by atoms with Crippen molar-refractivity contribution < 1.29 is 18.8 Å². The Labute approximate surface area is 168 Å². The van der Waals surface area contributed by atoms with E-state index in [4.69, 9.17) is 25.6 Å². The highest BCUT2D eigenvalue weighted by Gasteiger charge is 2.21. The molecule has 3 aromatic rings. The van der Waals surface area contributed by atoms with Crippen LogP contribution < -0.4 is 14.8 Å². The van der Waals surface area contributed by atoms with Crippen molar-refractivity contribution in [2.24, 2.45) is 0 Å². The predicted molar refractivity (Wildman–Crippen MR) is 107 cm³/mol. The summed E-state index contributed by atoms with van der Waals surface area (Å²) in [5.41, 5.74) is 2.53. The Hall–Kier alpha value is -2.99. The van der Waals surface area contributed by atoms with Crippen molar-refractivity contribution in [3.63, 3.8) is 0 Å². The van der Waals surface area contributed by atoms with E-state index in [9.17, 15) is 4.79 Å². The molecule has 0 aliphatic heterocycles. The van der Waals surface area contributed by atoms with Crippen molar-refractivity contribution in [3.8, 4) is 22.8 Å². The summed E-state index contributed by atoms with van der Waals surface area (Å²) in [6.45, 7) is 4.49. The number of nitrogens with zero attached hydrogens (tertiary/aromatic N) is 1. The second-order valence-corrected chi connectivity index (χ2v) is 6.51. The molecule has 0 unspecified atom stereocenters. The number of aryl methyl sites for hydroxylation is 1. The van der Waals surface area contributed by atoms with Gasteiger partial charge >= 0.3 is 0 Å². The number of hydrogen-bond donors (Lipinski definition) is 1. The monoisotopic (exact) mass is 400 g/mol. The predicted octanol–water partition coefficient (Wildman–Crippen LogP) is 4.64. The van der Waals surface area contributed by atoms with Crippen LogP contribution in [0.2, 0.25) is 5.02 Å². The lowest BCUT2D eigenvalue weighted by atomic mass is 10.1. The van der Waals surface area contributed by atoms with Crippen LogP contribution in [0.3, 0.4) is 0 Å². The standard InChI is InChI=1S/C21H21ClN2O4/c1-4-27-17-10-5-14(11-18(17)26-3)12-23-21(25)19-13(2)28-24-20(19)15-6-8-16(22)9-7-15/h5-11H,4,12H2,1-3H3,(H,23,25). The van der Waals surface area contributed by atoms with E-state index in [2.05, 4.69) is 10.5 Å². The molecule has 0 saturated heterocycles. The first-order chi connectivity index (χ1) is 13.5. The van der Waals surface area contributed by atoms with Crippen LogP contribution in [0.1, 0.15) is 28.6 Å². The second-order valence-electron chi connectivity index (χ2n) is 6.07. The average Bonchev–Trinajstić information content (AvgIpc) is 3.09. The third-order valence-corrected chi connectivity index (χ3v) is 4.44. The van der Waals surface area contributed by atoms with Crippen LogP contribution in [-0.4, -0.2) is 24.8 Å². The molecule has 0 spiro atoms. The van der Waals surface area contributed by atoms with E-state index < -0.39 is 0 Å². The van der Waals surface area contributed by atoms with Crippen LogP contribution >= 0.6 is 11.6 Å². The lowest BCUT2D eigenvalue weighted by Crippen LogP contribution is -2.23. The number of halogens is 1. The van der Waals surface area contributed by atoms with Crippen LogP contribution in [-0.2, 0) is 6.54 Å². The van der Waals surface area contributed by atoms with Crippen molar-refractivity contribution in [2.75, 3.05) is 13.7 Å². The molecule has 0 aliphatic carbocycles. The van der Waals surface area contributed by atoms with E-state index in [1.165, 1.54) is 0 Å². The zero-order chi connectivity index (χ0) is 20.1.